The first-order valence-corrected chi connectivity index (χ1v) is 4.40. The van der Waals surface area contributed by atoms with Gasteiger partial charge in [0.2, 0.25) is 0 Å². The molecule has 0 aromatic carbocycles. The van der Waals surface area contributed by atoms with Gasteiger partial charge in [0.1, 0.15) is 0 Å². The van der Waals surface area contributed by atoms with Gasteiger partial charge in [0.05, 0.1) is 12.2 Å². The van der Waals surface area contributed by atoms with Gasteiger partial charge in [0, 0.05) is 13.1 Å². The molecule has 14 heavy (non-hydrogen) atoms. The summed E-state index contributed by atoms with van der Waals surface area (Å²) in [6, 6.07) is 0. The van der Waals surface area contributed by atoms with Crippen LogP contribution in [0.3, 0.4) is 0 Å². The zero-order valence-corrected chi connectivity index (χ0v) is 8.37. The summed E-state index contributed by atoms with van der Waals surface area (Å²) in [7, 11) is 0. The van der Waals surface area contributed by atoms with Crippen LogP contribution in [0.25, 0.3) is 0 Å². The van der Waals surface area contributed by atoms with Crippen molar-refractivity contribution in [2.45, 2.75) is 19.4 Å². The predicted octanol–water partition coefficient (Wildman–Crippen LogP) is -1.39. The number of hydrogen-bond donors (Lipinski definition) is 2. The van der Waals surface area contributed by atoms with Gasteiger partial charge in [-0.1, -0.05) is 0 Å². The summed E-state index contributed by atoms with van der Waals surface area (Å²) >= 11 is 0. The lowest BCUT2D eigenvalue weighted by atomic mass is 10.1. The van der Waals surface area contributed by atoms with E-state index in [1.165, 1.54) is 4.90 Å². The summed E-state index contributed by atoms with van der Waals surface area (Å²) in [5.74, 6) is 3.47. The lowest BCUT2D eigenvalue weighted by Crippen LogP contribution is -2.54. The van der Waals surface area contributed by atoms with Crippen molar-refractivity contribution in [2.75, 3.05) is 19.7 Å². The van der Waals surface area contributed by atoms with Crippen LogP contribution in [-0.4, -0.2) is 42.0 Å². The van der Waals surface area contributed by atoms with Gasteiger partial charge >= 0.3 is 11.8 Å². The molecule has 0 bridgehead atoms. The fraction of sp³-hybridized carbons (Fsp3) is 0.750. The van der Waals surface area contributed by atoms with Crippen molar-refractivity contribution in [1.82, 2.24) is 10.3 Å². The van der Waals surface area contributed by atoms with Crippen molar-refractivity contribution >= 4 is 11.8 Å². The number of nitrogens with two attached hydrogens (primary N) is 1. The molecule has 0 atom stereocenters. The molecular formula is C8H15N3O3. The van der Waals surface area contributed by atoms with E-state index in [1.807, 2.05) is 19.3 Å². The Kier molecular flexibility index (Phi) is 3.07. The Morgan fingerprint density at radius 2 is 2.14 bits per heavy atom. The second kappa shape index (κ2) is 3.93. The largest absolute Gasteiger partial charge is 0.372 e. The maximum atomic E-state index is 11.4. The minimum absolute atomic E-state index is 0.400. The number of hydrogen-bond acceptors (Lipinski definition) is 4. The number of carbonyl (C=O) groups is 2. The van der Waals surface area contributed by atoms with E-state index in [1.54, 1.807) is 0 Å². The van der Waals surface area contributed by atoms with Crippen LogP contribution >= 0.6 is 0 Å². The third-order valence-corrected chi connectivity index (χ3v) is 2.04. The molecular weight excluding hydrogens is 186 g/mol. The number of rotatable bonds is 0. The van der Waals surface area contributed by atoms with Crippen molar-refractivity contribution in [1.29, 1.82) is 0 Å². The second-order valence-electron chi connectivity index (χ2n) is 3.81. The zero-order valence-electron chi connectivity index (χ0n) is 8.37. The molecule has 3 N–H and O–H groups in total. The molecule has 0 radical (unpaired) electrons. The minimum atomic E-state index is -0.789. The number of morpholine rings is 1. The van der Waals surface area contributed by atoms with Gasteiger partial charge in [-0.15, -0.1) is 0 Å². The van der Waals surface area contributed by atoms with Gasteiger partial charge in [0.25, 0.3) is 0 Å². The normalized spacial score (nSPS) is 20.4. The first kappa shape index (κ1) is 10.9. The van der Waals surface area contributed by atoms with Crippen LogP contribution in [0.5, 0.6) is 0 Å². The lowest BCUT2D eigenvalue weighted by Gasteiger charge is -2.37. The Balaban J connectivity index is 2.61. The van der Waals surface area contributed by atoms with Crippen LogP contribution in [0, 0.1) is 0 Å². The summed E-state index contributed by atoms with van der Waals surface area (Å²) in [5, 5.41) is 0. The summed E-state index contributed by atoms with van der Waals surface area (Å²) < 4.78 is 5.40. The SMILES string of the molecule is CC1(C)CN(C(=O)C(=O)NN)CCO1. The van der Waals surface area contributed by atoms with Crippen molar-refractivity contribution in [3.8, 4) is 0 Å². The van der Waals surface area contributed by atoms with Crippen molar-refractivity contribution < 1.29 is 14.3 Å². The topological polar surface area (TPSA) is 84.7 Å². The van der Waals surface area contributed by atoms with E-state index in [0.717, 1.165) is 0 Å². The highest BCUT2D eigenvalue weighted by Crippen LogP contribution is 2.16. The van der Waals surface area contributed by atoms with Gasteiger partial charge in [-0.25, -0.2) is 5.84 Å². The number of nitrogens with zero attached hydrogens (tertiary/aromatic N) is 1. The van der Waals surface area contributed by atoms with Gasteiger partial charge in [-0.3, -0.25) is 15.0 Å². The monoisotopic (exact) mass is 201 g/mol. The maximum absolute atomic E-state index is 11.4. The number of amides is 2. The first-order valence-electron chi connectivity index (χ1n) is 4.40. The Labute approximate surface area is 82.3 Å². The van der Waals surface area contributed by atoms with Crippen LogP contribution in [-0.2, 0) is 14.3 Å². The average Bonchev–Trinajstić information content (AvgIpc) is 2.14. The van der Waals surface area contributed by atoms with E-state index in [2.05, 4.69) is 0 Å². The Morgan fingerprint density at radius 1 is 1.50 bits per heavy atom. The van der Waals surface area contributed by atoms with Crippen LogP contribution in [0.4, 0.5) is 0 Å². The number of ether oxygens (including phenoxy) is 1. The minimum Gasteiger partial charge on any atom is -0.372 e. The molecule has 0 aromatic heterocycles. The molecule has 6 nitrogen and oxygen atoms in total. The molecule has 0 unspecified atom stereocenters. The first-order chi connectivity index (χ1) is 6.46. The highest BCUT2D eigenvalue weighted by atomic mass is 16.5. The van der Waals surface area contributed by atoms with Crippen LogP contribution in [0.1, 0.15) is 13.8 Å². The standard InChI is InChI=1S/C8H15N3O3/c1-8(2)5-11(3-4-14-8)7(13)6(12)10-9/h3-5,9H2,1-2H3,(H,10,12). The molecule has 80 valence electrons. The fourth-order valence-electron chi connectivity index (χ4n) is 1.40. The molecule has 1 saturated heterocycles. The highest BCUT2D eigenvalue weighted by molar-refractivity contribution is 6.34. The van der Waals surface area contributed by atoms with Crippen LogP contribution < -0.4 is 11.3 Å². The van der Waals surface area contributed by atoms with Crippen molar-refractivity contribution in [3.05, 3.63) is 0 Å². The van der Waals surface area contributed by atoms with E-state index in [-0.39, 0.29) is 0 Å². The molecule has 0 aromatic rings. The van der Waals surface area contributed by atoms with Crippen molar-refractivity contribution in [3.63, 3.8) is 0 Å². The fourth-order valence-corrected chi connectivity index (χ4v) is 1.40. The number of hydrazine groups is 1. The Morgan fingerprint density at radius 3 is 2.64 bits per heavy atom. The smallest absolute Gasteiger partial charge is 0.323 e. The second-order valence-corrected chi connectivity index (χ2v) is 3.81. The molecule has 1 heterocycles. The maximum Gasteiger partial charge on any atom is 0.323 e. The van der Waals surface area contributed by atoms with E-state index >= 15 is 0 Å². The highest BCUT2D eigenvalue weighted by Gasteiger charge is 2.32. The van der Waals surface area contributed by atoms with E-state index in [4.69, 9.17) is 10.6 Å². The third-order valence-electron chi connectivity index (χ3n) is 2.04. The molecule has 1 rings (SSSR count). The summed E-state index contributed by atoms with van der Waals surface area (Å²) in [6.07, 6.45) is 0. The summed E-state index contributed by atoms with van der Waals surface area (Å²) in [5.41, 5.74) is 1.42. The summed E-state index contributed by atoms with van der Waals surface area (Å²) in [6.45, 7) is 5.01. The van der Waals surface area contributed by atoms with Crippen LogP contribution in [0.15, 0.2) is 0 Å². The van der Waals surface area contributed by atoms with Crippen molar-refractivity contribution in [2.24, 2.45) is 5.84 Å². The van der Waals surface area contributed by atoms with Gasteiger partial charge in [0.15, 0.2) is 0 Å². The van der Waals surface area contributed by atoms with Gasteiger partial charge < -0.3 is 9.64 Å². The molecule has 1 aliphatic heterocycles. The van der Waals surface area contributed by atoms with E-state index in [9.17, 15) is 9.59 Å². The predicted molar refractivity (Wildman–Crippen MR) is 48.9 cm³/mol. The third kappa shape index (κ3) is 2.43. The van der Waals surface area contributed by atoms with E-state index in [0.29, 0.717) is 19.7 Å². The number of nitrogens with one attached hydrogen (secondary N) is 1. The molecule has 1 aliphatic rings. The summed E-state index contributed by atoms with van der Waals surface area (Å²) in [4.78, 5) is 23.8. The van der Waals surface area contributed by atoms with Crippen LogP contribution in [0.2, 0.25) is 0 Å². The average molecular weight is 201 g/mol. The molecule has 1 fully saturated rings. The molecule has 6 heteroatoms. The molecule has 2 amide bonds. The lowest BCUT2D eigenvalue weighted by molar-refractivity contribution is -0.155. The van der Waals surface area contributed by atoms with Gasteiger partial charge in [-0.05, 0) is 13.8 Å². The van der Waals surface area contributed by atoms with E-state index < -0.39 is 17.4 Å². The molecule has 0 spiro atoms. The Hall–Kier alpha value is -1.14. The quantitative estimate of drug-likeness (QED) is 0.219. The number of carbonyl (C=O) groups excluding carboxylic acids is 2. The van der Waals surface area contributed by atoms with Gasteiger partial charge in [-0.2, -0.15) is 0 Å². The molecule has 0 aliphatic carbocycles. The molecule has 0 saturated carbocycles. The zero-order chi connectivity index (χ0) is 10.8. The Bertz CT molecular complexity index is 252.